The molecule has 0 aromatic heterocycles. The SMILES string of the molecule is CC1CCCN1CCCCC(C(=O)O)C(=O)O. The molecule has 1 rings (SSSR count). The molecule has 0 radical (unpaired) electrons. The summed E-state index contributed by atoms with van der Waals surface area (Å²) in [5.41, 5.74) is 0. The minimum atomic E-state index is -1.24. The van der Waals surface area contributed by atoms with Crippen molar-refractivity contribution in [1.82, 2.24) is 4.90 Å². The molecule has 0 aromatic rings. The Morgan fingerprint density at radius 3 is 2.41 bits per heavy atom. The van der Waals surface area contributed by atoms with Gasteiger partial charge < -0.3 is 15.1 Å². The van der Waals surface area contributed by atoms with Gasteiger partial charge in [-0.15, -0.1) is 0 Å². The quantitative estimate of drug-likeness (QED) is 0.522. The number of aliphatic carboxylic acids is 2. The third kappa shape index (κ3) is 4.34. The molecule has 0 amide bonds. The summed E-state index contributed by atoms with van der Waals surface area (Å²) in [5, 5.41) is 17.4. The molecule has 1 heterocycles. The summed E-state index contributed by atoms with van der Waals surface area (Å²) in [4.78, 5) is 23.7. The molecule has 0 spiro atoms. The molecule has 1 aliphatic heterocycles. The van der Waals surface area contributed by atoms with Crippen LogP contribution in [0.4, 0.5) is 0 Å². The fraction of sp³-hybridized carbons (Fsp3) is 0.833. The molecule has 1 fully saturated rings. The van der Waals surface area contributed by atoms with Gasteiger partial charge in [-0.05, 0) is 45.7 Å². The number of carboxylic acids is 2. The number of carboxylic acid groups (broad SMARTS) is 2. The van der Waals surface area contributed by atoms with Crippen LogP contribution in [-0.4, -0.2) is 46.2 Å². The van der Waals surface area contributed by atoms with Crippen molar-refractivity contribution in [3.63, 3.8) is 0 Å². The summed E-state index contributed by atoms with van der Waals surface area (Å²) in [6.07, 6.45) is 4.22. The summed E-state index contributed by atoms with van der Waals surface area (Å²) in [5.74, 6) is -3.70. The van der Waals surface area contributed by atoms with Crippen LogP contribution in [0.1, 0.15) is 39.0 Å². The molecule has 0 saturated carbocycles. The summed E-state index contributed by atoms with van der Waals surface area (Å²) in [7, 11) is 0. The van der Waals surface area contributed by atoms with Crippen molar-refractivity contribution in [2.45, 2.75) is 45.1 Å². The van der Waals surface area contributed by atoms with Gasteiger partial charge in [-0.3, -0.25) is 9.59 Å². The van der Waals surface area contributed by atoms with Gasteiger partial charge in [-0.2, -0.15) is 0 Å². The van der Waals surface area contributed by atoms with E-state index in [1.807, 2.05) is 0 Å². The van der Waals surface area contributed by atoms with E-state index in [1.165, 1.54) is 12.8 Å². The Bertz CT molecular complexity index is 266. The number of rotatable bonds is 7. The predicted octanol–water partition coefficient (Wildman–Crippen LogP) is 1.43. The minimum absolute atomic E-state index is 0.229. The second-order valence-electron chi connectivity index (χ2n) is 4.75. The van der Waals surface area contributed by atoms with Gasteiger partial charge in [-0.1, -0.05) is 6.42 Å². The predicted molar refractivity (Wildman–Crippen MR) is 62.9 cm³/mol. The standard InChI is InChI=1S/C12H21NO4/c1-9-5-4-8-13(9)7-3-2-6-10(11(14)15)12(16)17/h9-10H,2-8H2,1H3,(H,14,15)(H,16,17). The van der Waals surface area contributed by atoms with E-state index in [0.717, 1.165) is 19.5 Å². The summed E-state index contributed by atoms with van der Waals surface area (Å²) in [6.45, 7) is 4.26. The summed E-state index contributed by atoms with van der Waals surface area (Å²) < 4.78 is 0. The first-order valence-corrected chi connectivity index (χ1v) is 6.22. The van der Waals surface area contributed by atoms with Gasteiger partial charge in [0.05, 0.1) is 0 Å². The third-order valence-corrected chi connectivity index (χ3v) is 3.47. The molecule has 5 nitrogen and oxygen atoms in total. The van der Waals surface area contributed by atoms with Gasteiger partial charge >= 0.3 is 11.9 Å². The highest BCUT2D eigenvalue weighted by Crippen LogP contribution is 2.17. The zero-order valence-electron chi connectivity index (χ0n) is 10.3. The normalized spacial score (nSPS) is 20.9. The largest absolute Gasteiger partial charge is 0.481 e. The maximum absolute atomic E-state index is 10.7. The number of unbranched alkanes of at least 4 members (excludes halogenated alkanes) is 1. The van der Waals surface area contributed by atoms with Crippen LogP contribution in [0.2, 0.25) is 0 Å². The van der Waals surface area contributed by atoms with E-state index in [4.69, 9.17) is 10.2 Å². The Hall–Kier alpha value is -1.10. The van der Waals surface area contributed by atoms with E-state index in [0.29, 0.717) is 12.5 Å². The van der Waals surface area contributed by atoms with Crippen LogP contribution in [0.5, 0.6) is 0 Å². The van der Waals surface area contributed by atoms with Gasteiger partial charge in [0.15, 0.2) is 5.92 Å². The number of hydrogen-bond acceptors (Lipinski definition) is 3. The highest BCUT2D eigenvalue weighted by molar-refractivity contribution is 5.92. The molecule has 1 atom stereocenters. The third-order valence-electron chi connectivity index (χ3n) is 3.47. The summed E-state index contributed by atoms with van der Waals surface area (Å²) >= 11 is 0. The maximum Gasteiger partial charge on any atom is 0.317 e. The van der Waals surface area contributed by atoms with Crippen molar-refractivity contribution in [1.29, 1.82) is 0 Å². The van der Waals surface area contributed by atoms with Gasteiger partial charge in [0.25, 0.3) is 0 Å². The Morgan fingerprint density at radius 1 is 1.29 bits per heavy atom. The van der Waals surface area contributed by atoms with E-state index in [2.05, 4.69) is 11.8 Å². The molecule has 2 N–H and O–H groups in total. The monoisotopic (exact) mass is 243 g/mol. The minimum Gasteiger partial charge on any atom is -0.481 e. The van der Waals surface area contributed by atoms with Crippen molar-refractivity contribution in [2.24, 2.45) is 5.92 Å². The molecule has 1 saturated heterocycles. The Morgan fingerprint density at radius 2 is 1.94 bits per heavy atom. The van der Waals surface area contributed by atoms with Crippen LogP contribution < -0.4 is 0 Å². The summed E-state index contributed by atoms with van der Waals surface area (Å²) in [6, 6.07) is 0.616. The van der Waals surface area contributed by atoms with Crippen LogP contribution in [0.3, 0.4) is 0 Å². The number of hydrogen-bond donors (Lipinski definition) is 2. The second-order valence-corrected chi connectivity index (χ2v) is 4.75. The van der Waals surface area contributed by atoms with E-state index in [9.17, 15) is 9.59 Å². The molecular formula is C12H21NO4. The number of likely N-dealkylation sites (tertiary alicyclic amines) is 1. The van der Waals surface area contributed by atoms with Gasteiger partial charge in [-0.25, -0.2) is 0 Å². The molecule has 98 valence electrons. The molecule has 17 heavy (non-hydrogen) atoms. The lowest BCUT2D eigenvalue weighted by Crippen LogP contribution is -2.28. The number of nitrogens with zero attached hydrogens (tertiary/aromatic N) is 1. The first-order valence-electron chi connectivity index (χ1n) is 6.22. The Balaban J connectivity index is 2.18. The van der Waals surface area contributed by atoms with Crippen LogP contribution in [0.25, 0.3) is 0 Å². The smallest absolute Gasteiger partial charge is 0.317 e. The van der Waals surface area contributed by atoms with E-state index in [1.54, 1.807) is 0 Å². The van der Waals surface area contributed by atoms with E-state index in [-0.39, 0.29) is 6.42 Å². The van der Waals surface area contributed by atoms with Crippen molar-refractivity contribution >= 4 is 11.9 Å². The molecule has 0 bridgehead atoms. The maximum atomic E-state index is 10.7. The second kappa shape index (κ2) is 6.59. The zero-order valence-corrected chi connectivity index (χ0v) is 10.3. The van der Waals surface area contributed by atoms with E-state index >= 15 is 0 Å². The lowest BCUT2D eigenvalue weighted by atomic mass is 10.0. The molecule has 0 aromatic carbocycles. The van der Waals surface area contributed by atoms with E-state index < -0.39 is 17.9 Å². The lowest BCUT2D eigenvalue weighted by molar-refractivity contribution is -0.154. The molecule has 1 aliphatic rings. The highest BCUT2D eigenvalue weighted by Gasteiger charge is 2.25. The first kappa shape index (κ1) is 14.0. The molecular weight excluding hydrogens is 222 g/mol. The van der Waals surface area contributed by atoms with Crippen LogP contribution >= 0.6 is 0 Å². The van der Waals surface area contributed by atoms with Crippen LogP contribution in [-0.2, 0) is 9.59 Å². The topological polar surface area (TPSA) is 77.8 Å². The fourth-order valence-corrected chi connectivity index (χ4v) is 2.34. The first-order chi connectivity index (χ1) is 8.02. The van der Waals surface area contributed by atoms with Gasteiger partial charge in [0, 0.05) is 6.04 Å². The van der Waals surface area contributed by atoms with Gasteiger partial charge in [0.1, 0.15) is 0 Å². The molecule has 1 unspecified atom stereocenters. The van der Waals surface area contributed by atoms with Crippen molar-refractivity contribution < 1.29 is 19.8 Å². The van der Waals surface area contributed by atoms with Crippen LogP contribution in [0.15, 0.2) is 0 Å². The average molecular weight is 243 g/mol. The van der Waals surface area contributed by atoms with Crippen molar-refractivity contribution in [3.8, 4) is 0 Å². The Labute approximate surface area is 101 Å². The zero-order chi connectivity index (χ0) is 12.8. The molecule has 5 heteroatoms. The van der Waals surface area contributed by atoms with Crippen molar-refractivity contribution in [2.75, 3.05) is 13.1 Å². The fourth-order valence-electron chi connectivity index (χ4n) is 2.34. The highest BCUT2D eigenvalue weighted by atomic mass is 16.4. The van der Waals surface area contributed by atoms with Gasteiger partial charge in [0.2, 0.25) is 0 Å². The number of carbonyl (C=O) groups is 2. The average Bonchev–Trinajstić information content (AvgIpc) is 2.63. The van der Waals surface area contributed by atoms with Crippen LogP contribution in [0, 0.1) is 5.92 Å². The molecule has 0 aliphatic carbocycles. The lowest BCUT2D eigenvalue weighted by Gasteiger charge is -2.20. The van der Waals surface area contributed by atoms with Crippen molar-refractivity contribution in [3.05, 3.63) is 0 Å². The Kier molecular flexibility index (Phi) is 5.41.